The maximum Gasteiger partial charge on any atom is 0.227 e. The number of hydrogen-bond acceptors (Lipinski definition) is 3. The highest BCUT2D eigenvalue weighted by atomic mass is 28.3. The Bertz CT molecular complexity index is 2410. The van der Waals surface area contributed by atoms with Gasteiger partial charge in [-0.1, -0.05) is 116 Å². The average Bonchev–Trinajstić information content (AvgIpc) is 3.65. The highest BCUT2D eigenvalue weighted by Crippen LogP contribution is 2.41. The third-order valence-corrected chi connectivity index (χ3v) is 13.2. The molecular weight excluding hydrogens is 589 g/mol. The largest absolute Gasteiger partial charge is 0.436 e. The molecule has 1 aromatic heterocycles. The Labute approximate surface area is 275 Å². The number of rotatable bonds is 5. The maximum atomic E-state index is 6.30. The minimum Gasteiger partial charge on any atom is -0.436 e. The fourth-order valence-corrected chi connectivity index (χ4v) is 10.5. The molecule has 0 aliphatic carbocycles. The van der Waals surface area contributed by atoms with Gasteiger partial charge in [0.1, 0.15) is 13.6 Å². The van der Waals surface area contributed by atoms with Gasteiger partial charge in [-0.2, -0.15) is 0 Å². The standard InChI is InChI=1S/C43H32N2OSi/c1-47(2)40-21-11-18-37(43-44-38-19-8-9-20-39(38)46-43)42(40)36-27-26-33(28-41(36)47)45(31-14-4-3-5-15-31)32-24-22-30(23-25-32)35-17-10-13-29-12-6-7-16-34(29)35/h3-28H,1-2H3. The molecule has 224 valence electrons. The molecule has 47 heavy (non-hydrogen) atoms. The van der Waals surface area contributed by atoms with Crippen LogP contribution in [0.1, 0.15) is 0 Å². The van der Waals surface area contributed by atoms with Gasteiger partial charge in [0.25, 0.3) is 0 Å². The van der Waals surface area contributed by atoms with Crippen LogP contribution in [0.4, 0.5) is 17.1 Å². The Morgan fingerprint density at radius 2 is 1.21 bits per heavy atom. The van der Waals surface area contributed by atoms with Gasteiger partial charge in [0.05, 0.1) is 0 Å². The third-order valence-electron chi connectivity index (χ3n) is 9.71. The average molecular weight is 621 g/mol. The fraction of sp³-hybridized carbons (Fsp3) is 0.0465. The summed E-state index contributed by atoms with van der Waals surface area (Å²) in [4.78, 5) is 7.27. The van der Waals surface area contributed by atoms with Crippen LogP contribution in [0.2, 0.25) is 13.1 Å². The molecule has 3 nitrogen and oxygen atoms in total. The summed E-state index contributed by atoms with van der Waals surface area (Å²) in [6.45, 7) is 4.92. The molecule has 1 aliphatic rings. The molecule has 0 atom stereocenters. The highest BCUT2D eigenvalue weighted by molar-refractivity contribution is 7.04. The van der Waals surface area contributed by atoms with Crippen molar-refractivity contribution in [3.63, 3.8) is 0 Å². The number of benzene rings is 7. The summed E-state index contributed by atoms with van der Waals surface area (Å²) < 4.78 is 6.30. The van der Waals surface area contributed by atoms with Crippen molar-refractivity contribution in [3.05, 3.63) is 158 Å². The van der Waals surface area contributed by atoms with Crippen molar-refractivity contribution in [1.82, 2.24) is 4.98 Å². The van der Waals surface area contributed by atoms with Crippen molar-refractivity contribution in [2.45, 2.75) is 13.1 Å². The minimum atomic E-state index is -2.04. The molecule has 1 aliphatic heterocycles. The lowest BCUT2D eigenvalue weighted by Crippen LogP contribution is -2.49. The zero-order chi connectivity index (χ0) is 31.5. The lowest BCUT2D eigenvalue weighted by Gasteiger charge is -2.27. The number of oxazole rings is 1. The molecule has 2 heterocycles. The molecule has 0 fully saturated rings. The van der Waals surface area contributed by atoms with Crippen molar-refractivity contribution >= 4 is 57.4 Å². The Morgan fingerprint density at radius 1 is 0.532 bits per heavy atom. The van der Waals surface area contributed by atoms with Gasteiger partial charge in [0.2, 0.25) is 5.89 Å². The topological polar surface area (TPSA) is 29.3 Å². The van der Waals surface area contributed by atoms with E-state index in [1.54, 1.807) is 0 Å². The Balaban J connectivity index is 1.16. The molecule has 0 N–H and O–H groups in total. The summed E-state index contributed by atoms with van der Waals surface area (Å²) in [5, 5.41) is 5.38. The van der Waals surface area contributed by atoms with Crippen molar-refractivity contribution in [2.24, 2.45) is 0 Å². The number of hydrogen-bond donors (Lipinski definition) is 0. The summed E-state index contributed by atoms with van der Waals surface area (Å²) >= 11 is 0. The lowest BCUT2D eigenvalue weighted by molar-refractivity contribution is 0.620. The quantitative estimate of drug-likeness (QED) is 0.179. The van der Waals surface area contributed by atoms with E-state index in [9.17, 15) is 0 Å². The van der Waals surface area contributed by atoms with Crippen LogP contribution in [0.3, 0.4) is 0 Å². The third kappa shape index (κ3) is 4.44. The molecule has 9 rings (SSSR count). The van der Waals surface area contributed by atoms with Gasteiger partial charge in [-0.15, -0.1) is 0 Å². The van der Waals surface area contributed by atoms with Crippen LogP contribution < -0.4 is 15.3 Å². The predicted octanol–water partition coefficient (Wildman–Crippen LogP) is 10.6. The van der Waals surface area contributed by atoms with Gasteiger partial charge < -0.3 is 9.32 Å². The zero-order valence-electron chi connectivity index (χ0n) is 26.3. The molecule has 8 aromatic rings. The predicted molar refractivity (Wildman–Crippen MR) is 199 cm³/mol. The van der Waals surface area contributed by atoms with Gasteiger partial charge >= 0.3 is 0 Å². The second-order valence-corrected chi connectivity index (χ2v) is 17.1. The van der Waals surface area contributed by atoms with E-state index in [1.165, 1.54) is 43.4 Å². The summed E-state index contributed by atoms with van der Waals surface area (Å²) in [6.07, 6.45) is 0. The van der Waals surface area contributed by atoms with Crippen LogP contribution in [0.25, 0.3) is 55.6 Å². The van der Waals surface area contributed by atoms with Gasteiger partial charge in [0, 0.05) is 22.6 Å². The Morgan fingerprint density at radius 3 is 2.06 bits per heavy atom. The van der Waals surface area contributed by atoms with E-state index >= 15 is 0 Å². The van der Waals surface area contributed by atoms with Crippen molar-refractivity contribution in [3.8, 4) is 33.7 Å². The molecule has 0 unspecified atom stereocenters. The van der Waals surface area contributed by atoms with Crippen LogP contribution in [0.5, 0.6) is 0 Å². The first kappa shape index (κ1) is 27.6. The van der Waals surface area contributed by atoms with E-state index in [0.29, 0.717) is 5.89 Å². The number of fused-ring (bicyclic) bond motifs is 5. The van der Waals surface area contributed by atoms with Crippen LogP contribution in [0, 0.1) is 0 Å². The Kier molecular flexibility index (Phi) is 6.27. The molecule has 0 amide bonds. The molecular formula is C43H32N2OSi. The first-order valence-electron chi connectivity index (χ1n) is 16.1. The molecule has 0 bridgehead atoms. The minimum absolute atomic E-state index is 0.682. The Hall–Kier alpha value is -5.71. The highest BCUT2D eigenvalue weighted by Gasteiger charge is 2.40. The van der Waals surface area contributed by atoms with E-state index < -0.39 is 8.07 Å². The second-order valence-electron chi connectivity index (χ2n) is 12.8. The molecule has 0 saturated carbocycles. The number of aromatic nitrogens is 1. The normalized spacial score (nSPS) is 13.1. The van der Waals surface area contributed by atoms with Crippen LogP contribution >= 0.6 is 0 Å². The smallest absolute Gasteiger partial charge is 0.227 e. The first-order valence-corrected chi connectivity index (χ1v) is 19.1. The summed E-state index contributed by atoms with van der Waals surface area (Å²) in [6, 6.07) is 56.5. The number of anilines is 3. The second kappa shape index (κ2) is 10.7. The first-order chi connectivity index (χ1) is 23.1. The van der Waals surface area contributed by atoms with Gasteiger partial charge in [-0.3, -0.25) is 0 Å². The van der Waals surface area contributed by atoms with E-state index in [0.717, 1.165) is 33.7 Å². The van der Waals surface area contributed by atoms with Gasteiger partial charge in [0.15, 0.2) is 5.58 Å². The van der Waals surface area contributed by atoms with Crippen LogP contribution in [-0.4, -0.2) is 13.1 Å². The maximum absolute atomic E-state index is 6.30. The van der Waals surface area contributed by atoms with Crippen molar-refractivity contribution in [1.29, 1.82) is 0 Å². The number of para-hydroxylation sites is 3. The zero-order valence-corrected chi connectivity index (χ0v) is 27.3. The monoisotopic (exact) mass is 620 g/mol. The molecule has 0 saturated heterocycles. The summed E-state index contributed by atoms with van der Waals surface area (Å²) in [7, 11) is -2.04. The van der Waals surface area contributed by atoms with Crippen molar-refractivity contribution in [2.75, 3.05) is 4.90 Å². The lowest BCUT2D eigenvalue weighted by atomic mass is 9.98. The summed E-state index contributed by atoms with van der Waals surface area (Å²) in [5.74, 6) is 0.682. The SMILES string of the molecule is C[Si]1(C)c2cc(N(c3ccccc3)c3ccc(-c4cccc5ccccc45)cc3)ccc2-c2c(-c3nc4ccccc4o3)cccc21. The van der Waals surface area contributed by atoms with E-state index in [4.69, 9.17) is 9.40 Å². The fourth-order valence-electron chi connectivity index (χ4n) is 7.37. The van der Waals surface area contributed by atoms with E-state index in [2.05, 4.69) is 151 Å². The van der Waals surface area contributed by atoms with Crippen LogP contribution in [0.15, 0.2) is 162 Å². The molecule has 7 aromatic carbocycles. The van der Waals surface area contributed by atoms with Gasteiger partial charge in [-0.05, 0) is 98.0 Å². The molecule has 0 radical (unpaired) electrons. The molecule has 4 heteroatoms. The van der Waals surface area contributed by atoms with Crippen LogP contribution in [-0.2, 0) is 0 Å². The van der Waals surface area contributed by atoms with E-state index in [-0.39, 0.29) is 0 Å². The van der Waals surface area contributed by atoms with Crippen molar-refractivity contribution < 1.29 is 4.42 Å². The number of nitrogens with zero attached hydrogens (tertiary/aromatic N) is 2. The summed E-state index contributed by atoms with van der Waals surface area (Å²) in [5.41, 5.74) is 11.2. The molecule has 0 spiro atoms. The van der Waals surface area contributed by atoms with E-state index in [1.807, 2.05) is 24.3 Å². The van der Waals surface area contributed by atoms with Gasteiger partial charge in [-0.25, -0.2) is 4.98 Å².